The minimum Gasteiger partial charge on any atom is -0.496 e. The van der Waals surface area contributed by atoms with E-state index in [0.29, 0.717) is 23.5 Å². The number of halogens is 1. The molecule has 0 N–H and O–H groups in total. The molecule has 1 heterocycles. The molecule has 0 aromatic carbocycles. The first kappa shape index (κ1) is 13.0. The van der Waals surface area contributed by atoms with Crippen molar-refractivity contribution < 1.29 is 9.15 Å². The lowest BCUT2D eigenvalue weighted by Gasteiger charge is -2.06. The van der Waals surface area contributed by atoms with Crippen LogP contribution in [-0.4, -0.2) is 7.11 Å². The van der Waals surface area contributed by atoms with E-state index in [1.165, 1.54) is 0 Å². The largest absolute Gasteiger partial charge is 0.496 e. The molecular formula is C12H15BrO3. The molecule has 0 aliphatic carbocycles. The van der Waals surface area contributed by atoms with Crippen molar-refractivity contribution in [3.05, 3.63) is 32.8 Å². The summed E-state index contributed by atoms with van der Waals surface area (Å²) in [5, 5.41) is 0. The lowest BCUT2D eigenvalue weighted by atomic mass is 10.1. The molecule has 88 valence electrons. The van der Waals surface area contributed by atoms with Gasteiger partial charge in [-0.2, -0.15) is 0 Å². The zero-order valence-corrected chi connectivity index (χ0v) is 11.0. The Morgan fingerprint density at radius 3 is 2.88 bits per heavy atom. The van der Waals surface area contributed by atoms with E-state index in [-0.39, 0.29) is 5.63 Å². The number of methoxy groups -OCH3 is 1. The molecule has 0 saturated carbocycles. The highest BCUT2D eigenvalue weighted by molar-refractivity contribution is 9.11. The summed E-state index contributed by atoms with van der Waals surface area (Å²) in [7, 11) is 1.56. The maximum Gasteiger partial charge on any atom is 0.343 e. The maximum atomic E-state index is 11.7. The fraction of sp³-hybridized carbons (Fsp3) is 0.417. The van der Waals surface area contributed by atoms with Crippen LogP contribution in [0.3, 0.4) is 0 Å². The summed E-state index contributed by atoms with van der Waals surface area (Å²) < 4.78 is 10.3. The zero-order valence-electron chi connectivity index (χ0n) is 9.46. The molecule has 0 atom stereocenters. The molecule has 1 rings (SSSR count). The summed E-state index contributed by atoms with van der Waals surface area (Å²) >= 11 is 3.13. The van der Waals surface area contributed by atoms with Crippen LogP contribution < -0.4 is 10.4 Å². The average molecular weight is 287 g/mol. The number of ether oxygens (including phenoxy) is 1. The van der Waals surface area contributed by atoms with Gasteiger partial charge >= 0.3 is 5.63 Å². The van der Waals surface area contributed by atoms with E-state index in [1.54, 1.807) is 24.2 Å². The van der Waals surface area contributed by atoms with Crippen molar-refractivity contribution >= 4 is 22.0 Å². The van der Waals surface area contributed by atoms with E-state index in [1.807, 2.05) is 0 Å². The predicted molar refractivity (Wildman–Crippen MR) is 68.1 cm³/mol. The minimum absolute atomic E-state index is 0.312. The maximum absolute atomic E-state index is 11.7. The topological polar surface area (TPSA) is 39.4 Å². The van der Waals surface area contributed by atoms with E-state index in [9.17, 15) is 4.79 Å². The summed E-state index contributed by atoms with van der Waals surface area (Å²) in [5.74, 6) is 1.09. The second-order valence-electron chi connectivity index (χ2n) is 3.38. The van der Waals surface area contributed by atoms with Gasteiger partial charge in [-0.3, -0.25) is 0 Å². The molecule has 0 aliphatic rings. The van der Waals surface area contributed by atoms with Crippen LogP contribution in [0.4, 0.5) is 0 Å². The van der Waals surface area contributed by atoms with Crippen LogP contribution in [0.1, 0.15) is 31.1 Å². The predicted octanol–water partition coefficient (Wildman–Crippen LogP) is 3.36. The Bertz CT molecular complexity index is 421. The van der Waals surface area contributed by atoms with Crippen molar-refractivity contribution in [2.75, 3.05) is 7.11 Å². The van der Waals surface area contributed by atoms with Crippen molar-refractivity contribution in [3.8, 4) is 5.75 Å². The standard InChI is InChI=1S/C12H15BrO3/c1-3-4-5-10-11(15-2)8-9(6-7-13)16-12(10)14/h6-8H,3-5H2,1-2H3/b7-6+. The normalized spacial score (nSPS) is 10.9. The van der Waals surface area contributed by atoms with E-state index in [4.69, 9.17) is 9.15 Å². The number of unbranched alkanes of at least 4 members (excludes halogenated alkanes) is 1. The first-order valence-electron chi connectivity index (χ1n) is 5.20. The Morgan fingerprint density at radius 1 is 1.56 bits per heavy atom. The van der Waals surface area contributed by atoms with Gasteiger partial charge in [0.15, 0.2) is 0 Å². The molecule has 0 saturated heterocycles. The third kappa shape index (κ3) is 3.23. The van der Waals surface area contributed by atoms with Gasteiger partial charge in [0.25, 0.3) is 0 Å². The van der Waals surface area contributed by atoms with E-state index >= 15 is 0 Å². The first-order chi connectivity index (χ1) is 7.72. The molecule has 0 amide bonds. The van der Waals surface area contributed by atoms with Crippen LogP contribution in [0, 0.1) is 0 Å². The number of hydrogen-bond donors (Lipinski definition) is 0. The second kappa shape index (κ2) is 6.53. The molecule has 0 bridgehead atoms. The summed E-state index contributed by atoms with van der Waals surface area (Å²) in [6, 6.07) is 1.73. The molecule has 3 nitrogen and oxygen atoms in total. The molecule has 0 spiro atoms. The van der Waals surface area contributed by atoms with Gasteiger partial charge < -0.3 is 9.15 Å². The molecule has 16 heavy (non-hydrogen) atoms. The fourth-order valence-electron chi connectivity index (χ4n) is 1.42. The van der Waals surface area contributed by atoms with Crippen LogP contribution in [-0.2, 0) is 6.42 Å². The lowest BCUT2D eigenvalue weighted by Crippen LogP contribution is -2.10. The zero-order chi connectivity index (χ0) is 12.0. The van der Waals surface area contributed by atoms with Gasteiger partial charge in [-0.05, 0) is 23.9 Å². The highest BCUT2D eigenvalue weighted by Crippen LogP contribution is 2.19. The lowest BCUT2D eigenvalue weighted by molar-refractivity contribution is 0.391. The fourth-order valence-corrected chi connectivity index (χ4v) is 1.68. The molecule has 1 aromatic rings. The third-order valence-electron chi connectivity index (χ3n) is 2.26. The second-order valence-corrected chi connectivity index (χ2v) is 3.91. The first-order valence-corrected chi connectivity index (χ1v) is 6.12. The Kier molecular flexibility index (Phi) is 5.32. The molecule has 4 heteroatoms. The van der Waals surface area contributed by atoms with Gasteiger partial charge in [-0.25, -0.2) is 4.79 Å². The highest BCUT2D eigenvalue weighted by atomic mass is 79.9. The van der Waals surface area contributed by atoms with Crippen molar-refractivity contribution in [2.45, 2.75) is 26.2 Å². The Labute approximate surface area is 103 Å². The van der Waals surface area contributed by atoms with Crippen LogP contribution in [0.15, 0.2) is 20.3 Å². The van der Waals surface area contributed by atoms with Gasteiger partial charge in [0.2, 0.25) is 0 Å². The number of rotatable bonds is 5. The van der Waals surface area contributed by atoms with Crippen molar-refractivity contribution in [3.63, 3.8) is 0 Å². The minimum atomic E-state index is -0.312. The molecular weight excluding hydrogens is 272 g/mol. The van der Waals surface area contributed by atoms with Crippen LogP contribution in [0.5, 0.6) is 5.75 Å². The third-order valence-corrected chi connectivity index (χ3v) is 2.52. The Balaban J connectivity index is 3.12. The Morgan fingerprint density at radius 2 is 2.31 bits per heavy atom. The molecule has 0 unspecified atom stereocenters. The van der Waals surface area contributed by atoms with Gasteiger partial charge in [-0.15, -0.1) is 0 Å². The van der Waals surface area contributed by atoms with Crippen LogP contribution in [0.25, 0.3) is 6.08 Å². The SMILES string of the molecule is CCCCc1c(OC)cc(/C=C/Br)oc1=O. The monoisotopic (exact) mass is 286 g/mol. The van der Waals surface area contributed by atoms with Crippen LogP contribution >= 0.6 is 15.9 Å². The van der Waals surface area contributed by atoms with Gasteiger partial charge in [-0.1, -0.05) is 29.3 Å². The molecule has 0 fully saturated rings. The van der Waals surface area contributed by atoms with Gasteiger partial charge in [0.1, 0.15) is 11.5 Å². The quantitative estimate of drug-likeness (QED) is 0.833. The Hall–Kier alpha value is -1.03. The van der Waals surface area contributed by atoms with Crippen molar-refractivity contribution in [2.24, 2.45) is 0 Å². The van der Waals surface area contributed by atoms with Gasteiger partial charge in [0, 0.05) is 6.07 Å². The number of hydrogen-bond acceptors (Lipinski definition) is 3. The van der Waals surface area contributed by atoms with Crippen molar-refractivity contribution in [1.29, 1.82) is 0 Å². The summed E-state index contributed by atoms with van der Waals surface area (Å²) in [6.45, 7) is 2.08. The highest BCUT2D eigenvalue weighted by Gasteiger charge is 2.10. The van der Waals surface area contributed by atoms with Crippen LogP contribution in [0.2, 0.25) is 0 Å². The van der Waals surface area contributed by atoms with E-state index < -0.39 is 0 Å². The summed E-state index contributed by atoms with van der Waals surface area (Å²) in [4.78, 5) is 13.3. The smallest absolute Gasteiger partial charge is 0.343 e. The summed E-state index contributed by atoms with van der Waals surface area (Å²) in [5.41, 5.74) is 0.310. The van der Waals surface area contributed by atoms with E-state index in [2.05, 4.69) is 22.9 Å². The van der Waals surface area contributed by atoms with E-state index in [0.717, 1.165) is 12.8 Å². The molecule has 0 aliphatic heterocycles. The van der Waals surface area contributed by atoms with Crippen molar-refractivity contribution in [1.82, 2.24) is 0 Å². The molecule has 0 radical (unpaired) electrons. The molecule has 1 aromatic heterocycles. The average Bonchev–Trinajstić information content (AvgIpc) is 2.27. The summed E-state index contributed by atoms with van der Waals surface area (Å²) in [6.07, 6.45) is 4.34. The van der Waals surface area contributed by atoms with Gasteiger partial charge in [0.05, 0.1) is 12.7 Å².